The Morgan fingerprint density at radius 1 is 1.28 bits per heavy atom. The van der Waals surface area contributed by atoms with Crippen LogP contribution in [0.1, 0.15) is 0 Å². The minimum absolute atomic E-state index is 0.0493. The standard InChI is InChI=1S/C11H8Cl2FN3O/c1-18-9-10(13)15-5-16-11(9)17-6-2-3-7(12)8(14)4-6/h2-5H,1H3,(H,15,16,17). The van der Waals surface area contributed by atoms with Gasteiger partial charge >= 0.3 is 0 Å². The van der Waals surface area contributed by atoms with Crippen LogP contribution in [0, 0.1) is 5.82 Å². The van der Waals surface area contributed by atoms with Gasteiger partial charge in [0.25, 0.3) is 0 Å². The van der Waals surface area contributed by atoms with Gasteiger partial charge in [0.15, 0.2) is 16.7 Å². The number of anilines is 2. The van der Waals surface area contributed by atoms with Crippen molar-refractivity contribution in [3.8, 4) is 5.75 Å². The molecule has 0 bridgehead atoms. The Morgan fingerprint density at radius 3 is 2.72 bits per heavy atom. The summed E-state index contributed by atoms with van der Waals surface area (Å²) in [7, 11) is 1.44. The smallest absolute Gasteiger partial charge is 0.199 e. The highest BCUT2D eigenvalue weighted by atomic mass is 35.5. The first-order chi connectivity index (χ1) is 8.61. The molecule has 7 heteroatoms. The number of benzene rings is 1. The van der Waals surface area contributed by atoms with Gasteiger partial charge in [0.2, 0.25) is 0 Å². The zero-order valence-corrected chi connectivity index (χ0v) is 10.8. The molecule has 4 nitrogen and oxygen atoms in total. The van der Waals surface area contributed by atoms with Gasteiger partial charge in [-0.2, -0.15) is 0 Å². The molecule has 0 aliphatic carbocycles. The molecule has 0 spiro atoms. The van der Waals surface area contributed by atoms with Crippen molar-refractivity contribution in [2.24, 2.45) is 0 Å². The molecule has 0 fully saturated rings. The van der Waals surface area contributed by atoms with E-state index in [4.69, 9.17) is 27.9 Å². The molecule has 2 aromatic rings. The van der Waals surface area contributed by atoms with Gasteiger partial charge in [-0.15, -0.1) is 0 Å². The summed E-state index contributed by atoms with van der Waals surface area (Å²) >= 11 is 11.4. The maximum absolute atomic E-state index is 13.3. The molecule has 0 aliphatic rings. The van der Waals surface area contributed by atoms with Crippen molar-refractivity contribution in [1.82, 2.24) is 9.97 Å². The summed E-state index contributed by atoms with van der Waals surface area (Å²) in [5.74, 6) is 0.106. The molecule has 1 heterocycles. The molecule has 18 heavy (non-hydrogen) atoms. The van der Waals surface area contributed by atoms with E-state index in [1.165, 1.54) is 25.6 Å². The summed E-state index contributed by atoms with van der Waals surface area (Å²) < 4.78 is 18.3. The molecule has 0 aliphatic heterocycles. The molecule has 0 atom stereocenters. The van der Waals surface area contributed by atoms with Crippen LogP contribution in [0.5, 0.6) is 5.75 Å². The van der Waals surface area contributed by atoms with Crippen LogP contribution in [-0.2, 0) is 0 Å². The largest absolute Gasteiger partial charge is 0.490 e. The topological polar surface area (TPSA) is 47.0 Å². The van der Waals surface area contributed by atoms with E-state index in [-0.39, 0.29) is 15.9 Å². The van der Waals surface area contributed by atoms with E-state index < -0.39 is 5.82 Å². The first kappa shape index (κ1) is 12.9. The van der Waals surface area contributed by atoms with Crippen LogP contribution < -0.4 is 10.1 Å². The summed E-state index contributed by atoms with van der Waals surface area (Å²) in [4.78, 5) is 7.75. The van der Waals surface area contributed by atoms with Crippen LogP contribution in [0.25, 0.3) is 0 Å². The fraction of sp³-hybridized carbons (Fsp3) is 0.0909. The highest BCUT2D eigenvalue weighted by Crippen LogP contribution is 2.31. The molecule has 1 aromatic heterocycles. The number of nitrogens with zero attached hydrogens (tertiary/aromatic N) is 2. The minimum Gasteiger partial charge on any atom is -0.490 e. The van der Waals surface area contributed by atoms with Gasteiger partial charge in [-0.1, -0.05) is 23.2 Å². The molecule has 0 saturated carbocycles. The molecule has 1 N–H and O–H groups in total. The summed E-state index contributed by atoms with van der Waals surface area (Å²) in [5, 5.41) is 3.09. The van der Waals surface area contributed by atoms with Crippen LogP contribution >= 0.6 is 23.2 Å². The number of methoxy groups -OCH3 is 1. The van der Waals surface area contributed by atoms with Gasteiger partial charge in [-0.3, -0.25) is 0 Å². The van der Waals surface area contributed by atoms with Crippen LogP contribution in [0.3, 0.4) is 0 Å². The predicted molar refractivity (Wildman–Crippen MR) is 68.3 cm³/mol. The monoisotopic (exact) mass is 287 g/mol. The second-order valence-corrected chi connectivity index (χ2v) is 4.07. The SMILES string of the molecule is COc1c(Cl)ncnc1Nc1ccc(Cl)c(F)c1. The first-order valence-corrected chi connectivity index (χ1v) is 5.64. The fourth-order valence-electron chi connectivity index (χ4n) is 1.33. The van der Waals surface area contributed by atoms with Crippen LogP contribution in [-0.4, -0.2) is 17.1 Å². The summed E-state index contributed by atoms with van der Waals surface area (Å²) in [5.41, 5.74) is 0.477. The second-order valence-electron chi connectivity index (χ2n) is 3.30. The van der Waals surface area contributed by atoms with Crippen molar-refractivity contribution in [1.29, 1.82) is 0 Å². The van der Waals surface area contributed by atoms with E-state index in [1.54, 1.807) is 6.07 Å². The van der Waals surface area contributed by atoms with Crippen molar-refractivity contribution in [2.75, 3.05) is 12.4 Å². The van der Waals surface area contributed by atoms with E-state index >= 15 is 0 Å². The summed E-state index contributed by atoms with van der Waals surface area (Å²) in [6, 6.07) is 4.30. The zero-order valence-electron chi connectivity index (χ0n) is 9.25. The molecule has 1 aromatic carbocycles. The lowest BCUT2D eigenvalue weighted by molar-refractivity contribution is 0.413. The number of hydrogen-bond acceptors (Lipinski definition) is 4. The third-order valence-electron chi connectivity index (χ3n) is 2.15. The van der Waals surface area contributed by atoms with Gasteiger partial charge in [-0.05, 0) is 18.2 Å². The number of rotatable bonds is 3. The normalized spacial score (nSPS) is 10.2. The molecule has 94 valence electrons. The lowest BCUT2D eigenvalue weighted by Gasteiger charge is -2.10. The van der Waals surface area contributed by atoms with Crippen LogP contribution in [0.15, 0.2) is 24.5 Å². The number of hydrogen-bond donors (Lipinski definition) is 1. The molecule has 0 amide bonds. The molecule has 2 rings (SSSR count). The Labute approximate surface area is 113 Å². The average Bonchev–Trinajstić information content (AvgIpc) is 2.34. The van der Waals surface area contributed by atoms with Crippen LogP contribution in [0.2, 0.25) is 10.2 Å². The molecule has 0 unspecified atom stereocenters. The van der Waals surface area contributed by atoms with E-state index in [0.717, 1.165) is 0 Å². The average molecular weight is 288 g/mol. The third-order valence-corrected chi connectivity index (χ3v) is 2.72. The van der Waals surface area contributed by atoms with E-state index in [9.17, 15) is 4.39 Å². The van der Waals surface area contributed by atoms with Gasteiger partial charge in [0, 0.05) is 5.69 Å². The zero-order chi connectivity index (χ0) is 13.1. The van der Waals surface area contributed by atoms with Gasteiger partial charge in [0.1, 0.15) is 12.1 Å². The number of halogens is 3. The van der Waals surface area contributed by atoms with Crippen LogP contribution in [0.4, 0.5) is 15.9 Å². The Hall–Kier alpha value is -1.59. The molecule has 0 saturated heterocycles. The molecule has 0 radical (unpaired) electrons. The lowest BCUT2D eigenvalue weighted by Crippen LogP contribution is -1.99. The van der Waals surface area contributed by atoms with E-state index in [1.807, 2.05) is 0 Å². The van der Waals surface area contributed by atoms with Gasteiger partial charge in [-0.25, -0.2) is 14.4 Å². The van der Waals surface area contributed by atoms with Crippen molar-refractivity contribution in [3.05, 3.63) is 40.5 Å². The molecular formula is C11H8Cl2FN3O. The van der Waals surface area contributed by atoms with E-state index in [0.29, 0.717) is 11.5 Å². The Balaban J connectivity index is 2.34. The second kappa shape index (κ2) is 5.37. The number of ether oxygens (including phenoxy) is 1. The third kappa shape index (κ3) is 2.63. The maximum atomic E-state index is 13.3. The number of aromatic nitrogens is 2. The Kier molecular flexibility index (Phi) is 3.84. The fourth-order valence-corrected chi connectivity index (χ4v) is 1.66. The van der Waals surface area contributed by atoms with Crippen molar-refractivity contribution in [2.45, 2.75) is 0 Å². The van der Waals surface area contributed by atoms with Crippen molar-refractivity contribution < 1.29 is 9.13 Å². The Bertz CT molecular complexity index is 580. The lowest BCUT2D eigenvalue weighted by atomic mass is 10.3. The van der Waals surface area contributed by atoms with Crippen molar-refractivity contribution >= 4 is 34.7 Å². The summed E-state index contributed by atoms with van der Waals surface area (Å²) in [6.45, 7) is 0. The Morgan fingerprint density at radius 2 is 2.06 bits per heavy atom. The predicted octanol–water partition coefficient (Wildman–Crippen LogP) is 3.67. The molecular weight excluding hydrogens is 280 g/mol. The number of nitrogens with one attached hydrogen (secondary N) is 1. The van der Waals surface area contributed by atoms with Gasteiger partial charge < -0.3 is 10.1 Å². The summed E-state index contributed by atoms with van der Waals surface area (Å²) in [6.07, 6.45) is 1.28. The highest BCUT2D eigenvalue weighted by Gasteiger charge is 2.11. The first-order valence-electron chi connectivity index (χ1n) is 4.88. The maximum Gasteiger partial charge on any atom is 0.199 e. The van der Waals surface area contributed by atoms with E-state index in [2.05, 4.69) is 15.3 Å². The highest BCUT2D eigenvalue weighted by molar-refractivity contribution is 6.31. The minimum atomic E-state index is -0.527. The quantitative estimate of drug-likeness (QED) is 0.875. The van der Waals surface area contributed by atoms with Crippen molar-refractivity contribution in [3.63, 3.8) is 0 Å². The van der Waals surface area contributed by atoms with Gasteiger partial charge in [0.05, 0.1) is 12.1 Å².